The summed E-state index contributed by atoms with van der Waals surface area (Å²) in [6.45, 7) is 4.46. The van der Waals surface area contributed by atoms with Crippen molar-refractivity contribution in [3.63, 3.8) is 0 Å². The number of methoxy groups -OCH3 is 1. The summed E-state index contributed by atoms with van der Waals surface area (Å²) in [4.78, 5) is 0. The van der Waals surface area contributed by atoms with Crippen LogP contribution >= 0.6 is 0 Å². The van der Waals surface area contributed by atoms with Gasteiger partial charge in [-0.3, -0.25) is 0 Å². The summed E-state index contributed by atoms with van der Waals surface area (Å²) in [5.41, 5.74) is 7.93. The van der Waals surface area contributed by atoms with Gasteiger partial charge in [-0.25, -0.2) is 0 Å². The van der Waals surface area contributed by atoms with Crippen LogP contribution < -0.4 is 0 Å². The summed E-state index contributed by atoms with van der Waals surface area (Å²) < 4.78 is 5.30. The molecular weight excluding hydrogens is 352 g/mol. The largest absolute Gasteiger partial charge is 0.380 e. The molecule has 29 heavy (non-hydrogen) atoms. The molecule has 0 N–H and O–H groups in total. The second-order valence-corrected chi connectivity index (χ2v) is 7.58. The second-order valence-electron chi connectivity index (χ2n) is 7.58. The van der Waals surface area contributed by atoms with Gasteiger partial charge >= 0.3 is 0 Å². The summed E-state index contributed by atoms with van der Waals surface area (Å²) >= 11 is 0. The van der Waals surface area contributed by atoms with E-state index in [9.17, 15) is 0 Å². The predicted octanol–water partition coefficient (Wildman–Crippen LogP) is 6.63. The van der Waals surface area contributed by atoms with Crippen LogP contribution in [0.15, 0.2) is 73.3 Å². The van der Waals surface area contributed by atoms with Crippen LogP contribution in [0.1, 0.15) is 46.2 Å². The maximum absolute atomic E-state index is 5.30. The number of ether oxygens (including phenoxy) is 1. The molecule has 0 heterocycles. The van der Waals surface area contributed by atoms with Gasteiger partial charge in [0.1, 0.15) is 0 Å². The van der Waals surface area contributed by atoms with E-state index in [0.717, 1.165) is 25.7 Å². The monoisotopic (exact) mass is 383 g/mol. The van der Waals surface area contributed by atoms with Gasteiger partial charge in [0, 0.05) is 7.11 Å². The van der Waals surface area contributed by atoms with Crippen LogP contribution in [-0.4, -0.2) is 7.11 Å². The number of hydrogen-bond acceptors (Lipinski definition) is 1. The Kier molecular flexibility index (Phi) is 8.27. The van der Waals surface area contributed by atoms with Gasteiger partial charge < -0.3 is 4.74 Å². The van der Waals surface area contributed by atoms with Gasteiger partial charge in [0.05, 0.1) is 6.61 Å². The van der Waals surface area contributed by atoms with Crippen molar-refractivity contribution in [3.8, 4) is 0 Å². The first-order chi connectivity index (χ1) is 14.3. The zero-order valence-electron chi connectivity index (χ0n) is 17.5. The smallest absolute Gasteiger partial charge is 0.0715 e. The molecule has 0 spiro atoms. The highest BCUT2D eigenvalue weighted by atomic mass is 16.5. The standard InChI is InChI=1S/C28H31O/c1-3-23-12-14-24(15-13-23)8-4-5-9-25-16-18-26(19-17-25)20-21-27-10-6-7-11-28(27)22-29-2/h3,6-7,11-19H,1,4-5,8-9,20-22H2,2H3. The van der Waals surface area contributed by atoms with Crippen molar-refractivity contribution in [2.24, 2.45) is 0 Å². The molecule has 0 fully saturated rings. The van der Waals surface area contributed by atoms with Crippen molar-refractivity contribution in [1.29, 1.82) is 0 Å². The fourth-order valence-electron chi connectivity index (χ4n) is 3.65. The molecule has 0 aliphatic rings. The molecule has 3 rings (SSSR count). The van der Waals surface area contributed by atoms with Crippen molar-refractivity contribution in [1.82, 2.24) is 0 Å². The zero-order chi connectivity index (χ0) is 20.3. The second kappa shape index (κ2) is 11.4. The minimum Gasteiger partial charge on any atom is -0.380 e. The topological polar surface area (TPSA) is 9.23 Å². The highest BCUT2D eigenvalue weighted by molar-refractivity contribution is 5.47. The number of benzene rings is 3. The molecule has 0 amide bonds. The van der Waals surface area contributed by atoms with E-state index in [0.29, 0.717) is 6.61 Å². The lowest BCUT2D eigenvalue weighted by Crippen LogP contribution is -1.99. The fraction of sp³-hybridized carbons (Fsp3) is 0.286. The van der Waals surface area contributed by atoms with E-state index < -0.39 is 0 Å². The van der Waals surface area contributed by atoms with Gasteiger partial charge in [-0.1, -0.05) is 79.4 Å². The Morgan fingerprint density at radius 1 is 0.793 bits per heavy atom. The van der Waals surface area contributed by atoms with E-state index in [1.54, 1.807) is 7.11 Å². The fourth-order valence-corrected chi connectivity index (χ4v) is 3.65. The Bertz CT molecular complexity index is 875. The number of aryl methyl sites for hydroxylation is 4. The van der Waals surface area contributed by atoms with E-state index >= 15 is 0 Å². The molecule has 1 radical (unpaired) electrons. The molecule has 3 aromatic carbocycles. The number of hydrogen-bond donors (Lipinski definition) is 0. The minimum atomic E-state index is 0.657. The summed E-state index contributed by atoms with van der Waals surface area (Å²) in [5.74, 6) is 0. The first-order valence-corrected chi connectivity index (χ1v) is 10.5. The Hall–Kier alpha value is -2.64. The molecule has 0 aromatic heterocycles. The average molecular weight is 384 g/mol. The third kappa shape index (κ3) is 6.73. The lowest BCUT2D eigenvalue weighted by molar-refractivity contribution is 0.184. The Morgan fingerprint density at radius 2 is 1.38 bits per heavy atom. The van der Waals surface area contributed by atoms with E-state index in [4.69, 9.17) is 4.74 Å². The van der Waals surface area contributed by atoms with Gasteiger partial charge in [0.15, 0.2) is 0 Å². The molecule has 0 aliphatic heterocycles. The zero-order valence-corrected chi connectivity index (χ0v) is 17.5. The van der Waals surface area contributed by atoms with Crippen LogP contribution in [0.25, 0.3) is 6.08 Å². The van der Waals surface area contributed by atoms with Gasteiger partial charge in [-0.2, -0.15) is 0 Å². The Balaban J connectivity index is 1.42. The van der Waals surface area contributed by atoms with Crippen molar-refractivity contribution in [2.75, 3.05) is 7.11 Å². The SMILES string of the molecule is C=Cc1ccc(CCCCc2ccc(CCc3[c]cccc3COC)cc2)cc1. The lowest BCUT2D eigenvalue weighted by atomic mass is 9.98. The molecule has 0 aliphatic carbocycles. The van der Waals surface area contributed by atoms with Crippen LogP contribution in [0, 0.1) is 6.07 Å². The van der Waals surface area contributed by atoms with Gasteiger partial charge in [-0.15, -0.1) is 0 Å². The maximum Gasteiger partial charge on any atom is 0.0715 e. The van der Waals surface area contributed by atoms with Crippen molar-refractivity contribution >= 4 is 6.08 Å². The quantitative estimate of drug-likeness (QED) is 0.338. The average Bonchev–Trinajstić information content (AvgIpc) is 2.77. The van der Waals surface area contributed by atoms with Crippen LogP contribution in [0.4, 0.5) is 0 Å². The van der Waals surface area contributed by atoms with E-state index in [2.05, 4.69) is 67.2 Å². The van der Waals surface area contributed by atoms with Crippen LogP contribution in [0.3, 0.4) is 0 Å². The number of rotatable bonds is 11. The molecule has 0 atom stereocenters. The summed E-state index contributed by atoms with van der Waals surface area (Å²) in [6.07, 6.45) is 8.68. The molecule has 0 unspecified atom stereocenters. The molecule has 0 saturated carbocycles. The molecule has 0 saturated heterocycles. The molecular formula is C28H31O. The molecule has 0 bridgehead atoms. The first-order valence-electron chi connectivity index (χ1n) is 10.5. The molecule has 1 heteroatoms. The van der Waals surface area contributed by atoms with Gasteiger partial charge in [0.2, 0.25) is 0 Å². The van der Waals surface area contributed by atoms with E-state index in [1.807, 2.05) is 18.2 Å². The summed E-state index contributed by atoms with van der Waals surface area (Å²) in [5, 5.41) is 0. The van der Waals surface area contributed by atoms with Gasteiger partial charge in [0.25, 0.3) is 0 Å². The highest BCUT2D eigenvalue weighted by Gasteiger charge is 2.03. The first kappa shape index (κ1) is 21.1. The number of unbranched alkanes of at least 4 members (excludes halogenated alkanes) is 1. The van der Waals surface area contributed by atoms with Crippen molar-refractivity contribution < 1.29 is 4.74 Å². The minimum absolute atomic E-state index is 0.657. The summed E-state index contributed by atoms with van der Waals surface area (Å²) in [7, 11) is 1.74. The molecule has 1 nitrogen and oxygen atoms in total. The molecule has 149 valence electrons. The van der Waals surface area contributed by atoms with Crippen molar-refractivity contribution in [2.45, 2.75) is 45.1 Å². The van der Waals surface area contributed by atoms with Crippen LogP contribution in [0.2, 0.25) is 0 Å². The predicted molar refractivity (Wildman–Crippen MR) is 123 cm³/mol. The van der Waals surface area contributed by atoms with E-state index in [1.165, 1.54) is 46.2 Å². The Morgan fingerprint density at radius 3 is 1.97 bits per heavy atom. The normalized spacial score (nSPS) is 10.8. The Labute approximate surface area is 176 Å². The van der Waals surface area contributed by atoms with Crippen LogP contribution in [-0.2, 0) is 37.0 Å². The summed E-state index contributed by atoms with van der Waals surface area (Å²) in [6, 6.07) is 27.4. The lowest BCUT2D eigenvalue weighted by Gasteiger charge is -2.09. The third-order valence-electron chi connectivity index (χ3n) is 5.42. The highest BCUT2D eigenvalue weighted by Crippen LogP contribution is 2.15. The molecule has 3 aromatic rings. The van der Waals surface area contributed by atoms with Gasteiger partial charge in [-0.05, 0) is 78.0 Å². The van der Waals surface area contributed by atoms with E-state index in [-0.39, 0.29) is 0 Å². The maximum atomic E-state index is 5.30. The van der Waals surface area contributed by atoms with Crippen molar-refractivity contribution in [3.05, 3.63) is 113 Å². The third-order valence-corrected chi connectivity index (χ3v) is 5.42. The van der Waals surface area contributed by atoms with Crippen LogP contribution in [0.5, 0.6) is 0 Å².